The maximum absolute atomic E-state index is 13.1. The third-order valence-corrected chi connectivity index (χ3v) is 6.72. The highest BCUT2D eigenvalue weighted by molar-refractivity contribution is 7.89. The first-order chi connectivity index (χ1) is 14.4. The molecule has 2 aromatic carbocycles. The number of hydrogen-bond donors (Lipinski definition) is 3. The van der Waals surface area contributed by atoms with Gasteiger partial charge in [0.05, 0.1) is 4.90 Å². The topological polar surface area (TPSA) is 87.3 Å². The maximum atomic E-state index is 13.1. The van der Waals surface area contributed by atoms with E-state index in [1.54, 1.807) is 26.0 Å². The van der Waals surface area contributed by atoms with Gasteiger partial charge in [-0.15, -0.1) is 0 Å². The molecule has 31 heavy (non-hydrogen) atoms. The summed E-state index contributed by atoms with van der Waals surface area (Å²) in [5, 5.41) is 6.36. The Morgan fingerprint density at radius 3 is 2.23 bits per heavy atom. The number of rotatable bonds is 7. The number of fused-ring (bicyclic) bond motifs is 1. The largest absolute Gasteiger partial charge is 0.384 e. The van der Waals surface area contributed by atoms with Crippen LogP contribution in [0.2, 0.25) is 0 Å². The lowest BCUT2D eigenvalue weighted by atomic mass is 9.97. The van der Waals surface area contributed by atoms with Crippen LogP contribution in [0.5, 0.6) is 0 Å². The van der Waals surface area contributed by atoms with Crippen molar-refractivity contribution in [1.29, 1.82) is 0 Å². The third kappa shape index (κ3) is 6.31. The molecule has 0 aliphatic heterocycles. The Kier molecular flexibility index (Phi) is 6.76. The summed E-state index contributed by atoms with van der Waals surface area (Å²) in [7, 11) is -3.73. The van der Waals surface area contributed by atoms with E-state index in [2.05, 4.69) is 48.3 Å². The summed E-state index contributed by atoms with van der Waals surface area (Å²) < 4.78 is 28.2. The summed E-state index contributed by atoms with van der Waals surface area (Å²) in [5.41, 5.74) is 3.44. The molecule has 1 amide bonds. The van der Waals surface area contributed by atoms with E-state index in [4.69, 9.17) is 0 Å². The van der Waals surface area contributed by atoms with Gasteiger partial charge in [0.25, 0.3) is 5.91 Å². The zero-order valence-electron chi connectivity index (χ0n) is 19.0. The van der Waals surface area contributed by atoms with E-state index in [0.717, 1.165) is 12.8 Å². The van der Waals surface area contributed by atoms with Crippen LogP contribution in [0.3, 0.4) is 0 Å². The first-order valence-electron chi connectivity index (χ1n) is 10.7. The number of nitrogens with one attached hydrogen (secondary N) is 3. The molecule has 168 valence electrons. The number of amides is 1. The monoisotopic (exact) mass is 443 g/mol. The standard InChI is InChI=1S/C24H33N3O3S/c1-16(2)27-31(29,30)22-13-19(12-20(14-22)25-15-24(3,4)5)23(28)26-21-10-17-8-6-7-9-18(17)11-21/h6-9,12-14,16,21,25,27H,10-11,15H2,1-5H3,(H,26,28). The summed E-state index contributed by atoms with van der Waals surface area (Å²) in [4.78, 5) is 13.1. The molecule has 0 aromatic heterocycles. The molecular formula is C24H33N3O3S. The van der Waals surface area contributed by atoms with E-state index < -0.39 is 10.0 Å². The van der Waals surface area contributed by atoms with Crippen LogP contribution in [-0.2, 0) is 22.9 Å². The van der Waals surface area contributed by atoms with Crippen LogP contribution in [0, 0.1) is 5.41 Å². The molecule has 6 nitrogen and oxygen atoms in total. The molecule has 0 spiro atoms. The molecular weight excluding hydrogens is 410 g/mol. The molecule has 1 aliphatic rings. The predicted octanol–water partition coefficient (Wildman–Crippen LogP) is 3.73. The number of sulfonamides is 1. The molecule has 0 atom stereocenters. The van der Waals surface area contributed by atoms with Crippen LogP contribution in [-0.4, -0.2) is 33.0 Å². The van der Waals surface area contributed by atoms with E-state index in [-0.39, 0.29) is 28.3 Å². The molecule has 0 bridgehead atoms. The highest BCUT2D eigenvalue weighted by atomic mass is 32.2. The third-order valence-electron chi connectivity index (χ3n) is 5.08. The van der Waals surface area contributed by atoms with Gasteiger partial charge in [0.2, 0.25) is 10.0 Å². The number of anilines is 1. The van der Waals surface area contributed by atoms with E-state index in [1.807, 2.05) is 12.1 Å². The van der Waals surface area contributed by atoms with Crippen molar-refractivity contribution in [2.75, 3.05) is 11.9 Å². The normalized spacial score (nSPS) is 14.5. The van der Waals surface area contributed by atoms with Crippen LogP contribution in [0.25, 0.3) is 0 Å². The van der Waals surface area contributed by atoms with Crippen molar-refractivity contribution >= 4 is 21.6 Å². The first kappa shape index (κ1) is 23.3. The van der Waals surface area contributed by atoms with E-state index in [0.29, 0.717) is 17.8 Å². The second-order valence-electron chi connectivity index (χ2n) is 9.78. The minimum atomic E-state index is -3.73. The summed E-state index contributed by atoms with van der Waals surface area (Å²) in [6, 6.07) is 12.7. The number of benzene rings is 2. The molecule has 3 rings (SSSR count). The van der Waals surface area contributed by atoms with Gasteiger partial charge >= 0.3 is 0 Å². The number of hydrogen-bond acceptors (Lipinski definition) is 4. The van der Waals surface area contributed by atoms with Gasteiger partial charge in [0.15, 0.2) is 0 Å². The molecule has 2 aromatic rings. The van der Waals surface area contributed by atoms with Crippen molar-refractivity contribution in [3.05, 3.63) is 59.2 Å². The van der Waals surface area contributed by atoms with Gasteiger partial charge in [-0.05, 0) is 61.4 Å². The molecule has 0 radical (unpaired) electrons. The fourth-order valence-electron chi connectivity index (χ4n) is 3.66. The lowest BCUT2D eigenvalue weighted by molar-refractivity contribution is 0.0938. The Bertz CT molecular complexity index is 1030. The SMILES string of the molecule is CC(C)NS(=O)(=O)c1cc(NCC(C)(C)C)cc(C(=O)NC2Cc3ccccc3C2)c1. The molecule has 0 fully saturated rings. The van der Waals surface area contributed by atoms with Crippen molar-refractivity contribution < 1.29 is 13.2 Å². The maximum Gasteiger partial charge on any atom is 0.251 e. The average molecular weight is 444 g/mol. The van der Waals surface area contributed by atoms with Crippen LogP contribution in [0.1, 0.15) is 56.1 Å². The van der Waals surface area contributed by atoms with Crippen molar-refractivity contribution in [3.63, 3.8) is 0 Å². The molecule has 0 heterocycles. The minimum absolute atomic E-state index is 0.00308. The van der Waals surface area contributed by atoms with Crippen LogP contribution >= 0.6 is 0 Å². The van der Waals surface area contributed by atoms with Crippen molar-refractivity contribution in [1.82, 2.24) is 10.0 Å². The Morgan fingerprint density at radius 2 is 1.68 bits per heavy atom. The van der Waals surface area contributed by atoms with Gasteiger partial charge in [0, 0.05) is 29.9 Å². The Morgan fingerprint density at radius 1 is 1.06 bits per heavy atom. The summed E-state index contributed by atoms with van der Waals surface area (Å²) >= 11 is 0. The number of carbonyl (C=O) groups excluding carboxylic acids is 1. The van der Waals surface area contributed by atoms with Gasteiger partial charge in [-0.1, -0.05) is 45.0 Å². The number of carbonyl (C=O) groups is 1. The average Bonchev–Trinajstić information content (AvgIpc) is 3.07. The van der Waals surface area contributed by atoms with Gasteiger partial charge in [-0.25, -0.2) is 13.1 Å². The second-order valence-corrected chi connectivity index (χ2v) is 11.5. The molecule has 3 N–H and O–H groups in total. The van der Waals surface area contributed by atoms with Gasteiger partial charge in [-0.2, -0.15) is 0 Å². The van der Waals surface area contributed by atoms with Crippen LogP contribution < -0.4 is 15.4 Å². The van der Waals surface area contributed by atoms with Gasteiger partial charge < -0.3 is 10.6 Å². The fourth-order valence-corrected chi connectivity index (χ4v) is 4.98. The van der Waals surface area contributed by atoms with E-state index in [9.17, 15) is 13.2 Å². The first-order valence-corrected chi connectivity index (χ1v) is 12.2. The Hall–Kier alpha value is -2.38. The predicted molar refractivity (Wildman–Crippen MR) is 125 cm³/mol. The van der Waals surface area contributed by atoms with E-state index >= 15 is 0 Å². The Labute approximate surface area is 185 Å². The van der Waals surface area contributed by atoms with Crippen LogP contribution in [0.15, 0.2) is 47.4 Å². The van der Waals surface area contributed by atoms with Crippen LogP contribution in [0.4, 0.5) is 5.69 Å². The van der Waals surface area contributed by atoms with Crippen molar-refractivity contribution in [3.8, 4) is 0 Å². The molecule has 7 heteroatoms. The second kappa shape index (κ2) is 9.01. The van der Waals surface area contributed by atoms with Gasteiger partial charge in [-0.3, -0.25) is 4.79 Å². The zero-order valence-corrected chi connectivity index (χ0v) is 19.8. The molecule has 0 saturated carbocycles. The smallest absolute Gasteiger partial charge is 0.251 e. The summed E-state index contributed by atoms with van der Waals surface area (Å²) in [6.45, 7) is 10.5. The van der Waals surface area contributed by atoms with Crippen molar-refractivity contribution in [2.45, 2.75) is 64.4 Å². The summed E-state index contributed by atoms with van der Waals surface area (Å²) in [5.74, 6) is -0.266. The van der Waals surface area contributed by atoms with Crippen molar-refractivity contribution in [2.24, 2.45) is 5.41 Å². The lowest BCUT2D eigenvalue weighted by Gasteiger charge is -2.21. The highest BCUT2D eigenvalue weighted by Crippen LogP contribution is 2.24. The fraction of sp³-hybridized carbons (Fsp3) is 0.458. The highest BCUT2D eigenvalue weighted by Gasteiger charge is 2.25. The minimum Gasteiger partial charge on any atom is -0.384 e. The quantitative estimate of drug-likeness (QED) is 0.609. The molecule has 0 saturated heterocycles. The Balaban J connectivity index is 1.85. The zero-order chi connectivity index (χ0) is 22.8. The molecule has 0 unspecified atom stereocenters. The van der Waals surface area contributed by atoms with Gasteiger partial charge in [0.1, 0.15) is 0 Å². The lowest BCUT2D eigenvalue weighted by Crippen LogP contribution is -2.35. The summed E-state index contributed by atoms with van der Waals surface area (Å²) in [6.07, 6.45) is 1.56. The van der Waals surface area contributed by atoms with E-state index in [1.165, 1.54) is 17.2 Å². The molecule has 1 aliphatic carbocycles.